The minimum atomic E-state index is -2.60. The molecule has 12 nitrogen and oxygen atoms in total. The molecule has 2 aromatic carbocycles. The van der Waals surface area contributed by atoms with E-state index in [4.69, 9.17) is 15.2 Å². The van der Waals surface area contributed by atoms with Crippen molar-refractivity contribution >= 4 is 34.9 Å². The summed E-state index contributed by atoms with van der Waals surface area (Å²) in [6.07, 6.45) is 0.0740. The van der Waals surface area contributed by atoms with Crippen molar-refractivity contribution in [2.24, 2.45) is 5.73 Å². The molecule has 0 spiro atoms. The molecule has 0 aliphatic carbocycles. The van der Waals surface area contributed by atoms with E-state index >= 15 is 0 Å². The van der Waals surface area contributed by atoms with Crippen molar-refractivity contribution in [1.82, 2.24) is 10.6 Å². The lowest BCUT2D eigenvalue weighted by molar-refractivity contribution is -0.138. The Morgan fingerprint density at radius 2 is 1.71 bits per heavy atom. The molecule has 0 saturated heterocycles. The van der Waals surface area contributed by atoms with Gasteiger partial charge in [-0.3, -0.25) is 13.7 Å². The lowest BCUT2D eigenvalue weighted by atomic mass is 10.1. The third-order valence-corrected chi connectivity index (χ3v) is 6.16. The van der Waals surface area contributed by atoms with Crippen LogP contribution in [-0.2, 0) is 32.2 Å². The van der Waals surface area contributed by atoms with Crippen LogP contribution in [-0.4, -0.2) is 64.1 Å². The number of ether oxygens (including phenoxy) is 2. The van der Waals surface area contributed by atoms with E-state index in [1.807, 2.05) is 30.3 Å². The summed E-state index contributed by atoms with van der Waals surface area (Å²) in [6.45, 7) is 3.87. The van der Waals surface area contributed by atoms with Gasteiger partial charge < -0.3 is 30.9 Å². The average molecular weight is 551 g/mol. The molecule has 2 rings (SSSR count). The highest BCUT2D eigenvalue weighted by Gasteiger charge is 2.31. The molecule has 2 amide bonds. The zero-order valence-electron chi connectivity index (χ0n) is 21.3. The van der Waals surface area contributed by atoms with Crippen LogP contribution < -0.4 is 25.4 Å². The van der Waals surface area contributed by atoms with Gasteiger partial charge in [-0.2, -0.15) is 0 Å². The summed E-state index contributed by atoms with van der Waals surface area (Å²) in [5.74, 6) is -1.03. The fourth-order valence-electron chi connectivity index (χ4n) is 3.64. The molecular weight excluding hydrogens is 516 g/mol. The number of benzene rings is 2. The molecule has 208 valence electrons. The molecule has 6 N–H and O–H groups in total. The van der Waals surface area contributed by atoms with Crippen molar-refractivity contribution in [3.63, 3.8) is 0 Å². The predicted octanol–water partition coefficient (Wildman–Crippen LogP) is 1.86. The molecule has 13 heteroatoms. The number of hydrogen-bond donors (Lipinski definition) is 5. The van der Waals surface area contributed by atoms with Crippen molar-refractivity contribution in [1.29, 1.82) is 0 Å². The molecule has 0 radical (unpaired) electrons. The highest BCUT2D eigenvalue weighted by atomic mass is 32.2. The van der Waals surface area contributed by atoms with Gasteiger partial charge in [0.15, 0.2) is 6.04 Å². The number of aryl methyl sites for hydroxylation is 2. The van der Waals surface area contributed by atoms with Gasteiger partial charge in [0.1, 0.15) is 12.4 Å². The number of anilines is 1. The predicted molar refractivity (Wildman–Crippen MR) is 142 cm³/mol. The van der Waals surface area contributed by atoms with E-state index in [0.717, 1.165) is 9.87 Å². The van der Waals surface area contributed by atoms with Crippen molar-refractivity contribution in [2.75, 3.05) is 30.5 Å². The number of aliphatic carboxylic acids is 1. The largest absolute Gasteiger partial charge is 0.494 e. The molecule has 2 atom stereocenters. The van der Waals surface area contributed by atoms with E-state index in [1.54, 1.807) is 26.0 Å². The molecule has 2 aromatic rings. The number of hydrogen-bond acceptors (Lipinski definition) is 7. The highest BCUT2D eigenvalue weighted by Crippen LogP contribution is 2.32. The quantitative estimate of drug-likeness (QED) is 0.163. The fraction of sp³-hybridized carbons (Fsp3) is 0.400. The molecule has 0 aromatic heterocycles. The van der Waals surface area contributed by atoms with Crippen molar-refractivity contribution < 1.29 is 37.7 Å². The first kappa shape index (κ1) is 30.5. The van der Waals surface area contributed by atoms with Gasteiger partial charge in [0.25, 0.3) is 11.3 Å². The first-order valence-corrected chi connectivity index (χ1v) is 13.0. The van der Waals surface area contributed by atoms with Crippen LogP contribution in [0.4, 0.5) is 10.5 Å². The van der Waals surface area contributed by atoms with E-state index in [-0.39, 0.29) is 50.9 Å². The maximum atomic E-state index is 12.0. The van der Waals surface area contributed by atoms with Gasteiger partial charge in [-0.05, 0) is 49.1 Å². The van der Waals surface area contributed by atoms with Gasteiger partial charge in [-0.1, -0.05) is 30.3 Å². The maximum absolute atomic E-state index is 12.0. The van der Waals surface area contributed by atoms with Crippen LogP contribution in [0, 0.1) is 13.8 Å². The smallest absolute Gasteiger partial charge is 0.407 e. The van der Waals surface area contributed by atoms with Gasteiger partial charge >= 0.3 is 12.1 Å². The third-order valence-electron chi connectivity index (χ3n) is 5.39. The van der Waals surface area contributed by atoms with Crippen molar-refractivity contribution in [3.05, 3.63) is 59.2 Å². The zero-order valence-corrected chi connectivity index (χ0v) is 22.2. The molecule has 38 heavy (non-hydrogen) atoms. The van der Waals surface area contributed by atoms with Gasteiger partial charge in [0.2, 0.25) is 5.91 Å². The highest BCUT2D eigenvalue weighted by molar-refractivity contribution is 7.80. The number of carboxylic acids is 1. The number of nitrogens with one attached hydrogen (secondary N) is 2. The van der Waals surface area contributed by atoms with Crippen LogP contribution in [0.1, 0.15) is 29.5 Å². The van der Waals surface area contributed by atoms with E-state index in [2.05, 4.69) is 10.6 Å². The summed E-state index contributed by atoms with van der Waals surface area (Å²) in [6, 6.07) is 11.2. The number of nitrogens with two attached hydrogens (primary N) is 1. The number of carboxylic acid groups (broad SMARTS) is 1. The maximum Gasteiger partial charge on any atom is 0.407 e. The first-order valence-electron chi connectivity index (χ1n) is 11.9. The minimum absolute atomic E-state index is 0.163. The summed E-state index contributed by atoms with van der Waals surface area (Å²) >= 11 is -2.60. The van der Waals surface area contributed by atoms with Crippen LogP contribution in [0.2, 0.25) is 0 Å². The number of carbonyl (C=O) groups excluding carboxylic acids is 2. The number of alkyl carbamates (subject to hydrolysis) is 1. The number of carbonyl (C=O) groups is 3. The Bertz CT molecular complexity index is 1090. The van der Waals surface area contributed by atoms with Crippen molar-refractivity contribution in [3.8, 4) is 5.75 Å². The zero-order chi connectivity index (χ0) is 28.1. The first-order chi connectivity index (χ1) is 18.1. The summed E-state index contributed by atoms with van der Waals surface area (Å²) in [7, 11) is 0. The molecule has 1 unspecified atom stereocenters. The average Bonchev–Trinajstić information content (AvgIpc) is 2.87. The summed E-state index contributed by atoms with van der Waals surface area (Å²) < 4.78 is 33.3. The second-order valence-electron chi connectivity index (χ2n) is 8.34. The molecule has 0 bridgehead atoms. The number of rotatable bonds is 15. The van der Waals surface area contributed by atoms with Crippen LogP contribution in [0.25, 0.3) is 0 Å². The monoisotopic (exact) mass is 550 g/mol. The lowest BCUT2D eigenvalue weighted by Crippen LogP contribution is -2.47. The second kappa shape index (κ2) is 15.5. The Morgan fingerprint density at radius 3 is 2.29 bits per heavy atom. The molecule has 0 aliphatic heterocycles. The fourth-order valence-corrected chi connectivity index (χ4v) is 4.48. The molecule has 0 fully saturated rings. The Kier molecular flexibility index (Phi) is 12.5. The van der Waals surface area contributed by atoms with Gasteiger partial charge in [0.05, 0.1) is 12.3 Å². The van der Waals surface area contributed by atoms with Gasteiger partial charge in [-0.15, -0.1) is 0 Å². The Morgan fingerprint density at radius 1 is 1.08 bits per heavy atom. The Balaban J connectivity index is 1.73. The SMILES string of the molecule is Cc1cc(OCCCC(=O)NCCNC(=O)OCc2ccccc2)cc(C)c1N([C@@H](CN)C(=O)O)S(=O)O. The van der Waals surface area contributed by atoms with Crippen LogP contribution >= 0.6 is 0 Å². The molecule has 0 saturated carbocycles. The summed E-state index contributed by atoms with van der Waals surface area (Å²) in [4.78, 5) is 35.2. The summed E-state index contributed by atoms with van der Waals surface area (Å²) in [5.41, 5.74) is 7.75. The lowest BCUT2D eigenvalue weighted by Gasteiger charge is -2.29. The molecule has 0 aliphatic rings. The van der Waals surface area contributed by atoms with Gasteiger partial charge in [-0.25, -0.2) is 13.8 Å². The second-order valence-corrected chi connectivity index (χ2v) is 9.20. The van der Waals surface area contributed by atoms with Crippen LogP contribution in [0.15, 0.2) is 42.5 Å². The normalized spacial score (nSPS) is 12.2. The number of nitrogens with zero attached hydrogens (tertiary/aromatic N) is 1. The van der Waals surface area contributed by atoms with E-state index < -0.39 is 29.4 Å². The van der Waals surface area contributed by atoms with Gasteiger partial charge in [0, 0.05) is 26.1 Å². The van der Waals surface area contributed by atoms with E-state index in [0.29, 0.717) is 23.3 Å². The molecule has 0 heterocycles. The Labute approximate surface area is 223 Å². The third kappa shape index (κ3) is 9.65. The number of amides is 2. The Hall–Kier alpha value is -3.68. The topological polar surface area (TPSA) is 181 Å². The summed E-state index contributed by atoms with van der Waals surface area (Å²) in [5, 5.41) is 14.7. The standard InChI is InChI=1S/C25H34N4O8S/c1-17-13-20(14-18(2)23(17)29(38(34)35)21(15-26)24(31)32)36-12-6-9-22(30)27-10-11-28-25(33)37-16-19-7-4-3-5-8-19/h3-5,7-8,13-14,21H,6,9-12,15-16,26H2,1-2H3,(H,27,30)(H,28,33)(H,31,32)(H,34,35)/t21-/m0/s1. The minimum Gasteiger partial charge on any atom is -0.494 e. The van der Waals surface area contributed by atoms with E-state index in [9.17, 15) is 28.3 Å². The van der Waals surface area contributed by atoms with E-state index in [1.165, 1.54) is 0 Å². The van der Waals surface area contributed by atoms with Crippen molar-refractivity contribution in [2.45, 2.75) is 39.3 Å². The molecular formula is C25H34N4O8S. The van der Waals surface area contributed by atoms with Crippen LogP contribution in [0.3, 0.4) is 0 Å². The van der Waals surface area contributed by atoms with Crippen LogP contribution in [0.5, 0.6) is 5.75 Å².